The van der Waals surface area contributed by atoms with E-state index in [2.05, 4.69) is 62.4 Å². The molecule has 0 radical (unpaired) electrons. The Kier molecular flexibility index (Phi) is 7.16. The van der Waals surface area contributed by atoms with E-state index in [0.717, 1.165) is 24.0 Å². The van der Waals surface area contributed by atoms with Crippen LogP contribution in [0.15, 0.2) is 84.9 Å². The van der Waals surface area contributed by atoms with E-state index in [0.29, 0.717) is 6.42 Å². The highest BCUT2D eigenvalue weighted by atomic mass is 16.5. The van der Waals surface area contributed by atoms with Crippen molar-refractivity contribution >= 4 is 5.78 Å². The summed E-state index contributed by atoms with van der Waals surface area (Å²) >= 11 is 0. The molecular formula is C26H28O2. The summed E-state index contributed by atoms with van der Waals surface area (Å²) in [5.41, 5.74) is 4.39. The topological polar surface area (TPSA) is 26.3 Å². The molecule has 0 aliphatic rings. The van der Waals surface area contributed by atoms with Crippen LogP contribution in [0.5, 0.6) is 0 Å². The number of carbonyl (C=O) groups is 1. The fraction of sp³-hybridized carbons (Fsp3) is 0.269. The fourth-order valence-electron chi connectivity index (χ4n) is 3.34. The van der Waals surface area contributed by atoms with Gasteiger partial charge in [0.2, 0.25) is 0 Å². The molecule has 0 saturated heterocycles. The van der Waals surface area contributed by atoms with Gasteiger partial charge in [0.15, 0.2) is 5.78 Å². The van der Waals surface area contributed by atoms with Crippen molar-refractivity contribution in [2.24, 2.45) is 0 Å². The molecule has 0 aliphatic carbocycles. The molecule has 0 fully saturated rings. The highest BCUT2D eigenvalue weighted by Gasteiger charge is 2.19. The molecule has 0 spiro atoms. The third-order valence-electron chi connectivity index (χ3n) is 5.05. The summed E-state index contributed by atoms with van der Waals surface area (Å²) in [5.74, 6) is 0.134. The number of hydrogen-bond acceptors (Lipinski definition) is 2. The Morgan fingerprint density at radius 3 is 2.11 bits per heavy atom. The largest absolute Gasteiger partial charge is 0.370 e. The molecule has 0 bridgehead atoms. The van der Waals surface area contributed by atoms with E-state index in [4.69, 9.17) is 4.74 Å². The predicted octanol–water partition coefficient (Wildman–Crippen LogP) is 6.35. The van der Waals surface area contributed by atoms with Gasteiger partial charge in [-0.1, -0.05) is 90.5 Å². The molecule has 0 aliphatic heterocycles. The standard InChI is InChI=1S/C26H28O2/c1-20-13-16-23(17-14-20)21(2)28-25(18-15-22-9-5-3-6-10-22)19-26(27)24-11-7-4-8-12-24/h3-14,16-17,21,25H,15,18-19H2,1-2H3/t21-,25+/m1/s1. The lowest BCUT2D eigenvalue weighted by Crippen LogP contribution is -2.21. The first-order valence-corrected chi connectivity index (χ1v) is 9.96. The van der Waals surface area contributed by atoms with Gasteiger partial charge in [0.25, 0.3) is 0 Å². The number of carbonyl (C=O) groups excluding carboxylic acids is 1. The van der Waals surface area contributed by atoms with Crippen LogP contribution in [0, 0.1) is 6.92 Å². The Balaban J connectivity index is 1.69. The quantitative estimate of drug-likeness (QED) is 0.409. The second kappa shape index (κ2) is 10.0. The monoisotopic (exact) mass is 372 g/mol. The van der Waals surface area contributed by atoms with E-state index < -0.39 is 0 Å². The van der Waals surface area contributed by atoms with Crippen LogP contribution in [0.1, 0.15) is 52.9 Å². The zero-order valence-electron chi connectivity index (χ0n) is 16.7. The van der Waals surface area contributed by atoms with Gasteiger partial charge in [-0.15, -0.1) is 0 Å². The first-order chi connectivity index (χ1) is 13.6. The summed E-state index contributed by atoms with van der Waals surface area (Å²) in [4.78, 5) is 12.7. The van der Waals surface area contributed by atoms with Gasteiger partial charge in [0.05, 0.1) is 12.2 Å². The van der Waals surface area contributed by atoms with Gasteiger partial charge < -0.3 is 4.74 Å². The van der Waals surface area contributed by atoms with E-state index in [1.165, 1.54) is 11.1 Å². The minimum atomic E-state index is -0.121. The van der Waals surface area contributed by atoms with E-state index in [1.807, 2.05) is 36.4 Å². The minimum absolute atomic E-state index is 0.0510. The summed E-state index contributed by atoms with van der Waals surface area (Å²) in [6, 6.07) is 28.3. The zero-order valence-corrected chi connectivity index (χ0v) is 16.7. The molecule has 144 valence electrons. The predicted molar refractivity (Wildman–Crippen MR) is 115 cm³/mol. The van der Waals surface area contributed by atoms with Gasteiger partial charge in [0, 0.05) is 12.0 Å². The van der Waals surface area contributed by atoms with Crippen LogP contribution in [0.4, 0.5) is 0 Å². The van der Waals surface area contributed by atoms with E-state index >= 15 is 0 Å². The zero-order chi connectivity index (χ0) is 19.8. The first kappa shape index (κ1) is 20.0. The van der Waals surface area contributed by atoms with Crippen molar-refractivity contribution in [3.63, 3.8) is 0 Å². The molecule has 28 heavy (non-hydrogen) atoms. The molecule has 2 heteroatoms. The maximum atomic E-state index is 12.7. The number of aryl methyl sites for hydroxylation is 2. The average Bonchev–Trinajstić information content (AvgIpc) is 2.73. The number of hydrogen-bond donors (Lipinski definition) is 0. The van der Waals surface area contributed by atoms with E-state index in [-0.39, 0.29) is 18.0 Å². The molecule has 0 amide bonds. The highest BCUT2D eigenvalue weighted by Crippen LogP contribution is 2.23. The maximum absolute atomic E-state index is 12.7. The molecular weight excluding hydrogens is 344 g/mol. The molecule has 3 aromatic rings. The molecule has 0 N–H and O–H groups in total. The molecule has 0 heterocycles. The third-order valence-corrected chi connectivity index (χ3v) is 5.05. The minimum Gasteiger partial charge on any atom is -0.370 e. The Morgan fingerprint density at radius 1 is 0.857 bits per heavy atom. The van der Waals surface area contributed by atoms with Crippen molar-refractivity contribution in [3.05, 3.63) is 107 Å². The van der Waals surface area contributed by atoms with Crippen LogP contribution in [-0.4, -0.2) is 11.9 Å². The normalized spacial score (nSPS) is 13.1. The molecule has 3 aromatic carbocycles. The smallest absolute Gasteiger partial charge is 0.165 e. The van der Waals surface area contributed by atoms with Crippen LogP contribution in [0.3, 0.4) is 0 Å². The Bertz CT molecular complexity index is 854. The first-order valence-electron chi connectivity index (χ1n) is 9.96. The van der Waals surface area contributed by atoms with Gasteiger partial charge in [-0.2, -0.15) is 0 Å². The van der Waals surface area contributed by atoms with Crippen molar-refractivity contribution < 1.29 is 9.53 Å². The number of ketones is 1. The molecule has 0 aromatic heterocycles. The molecule has 0 saturated carbocycles. The lowest BCUT2D eigenvalue weighted by Gasteiger charge is -2.23. The Morgan fingerprint density at radius 2 is 1.46 bits per heavy atom. The van der Waals surface area contributed by atoms with E-state index in [1.54, 1.807) is 0 Å². The van der Waals surface area contributed by atoms with Crippen LogP contribution in [0.25, 0.3) is 0 Å². The van der Waals surface area contributed by atoms with Crippen LogP contribution >= 0.6 is 0 Å². The van der Waals surface area contributed by atoms with Crippen molar-refractivity contribution in [2.75, 3.05) is 0 Å². The van der Waals surface area contributed by atoms with Crippen molar-refractivity contribution in [2.45, 2.75) is 45.3 Å². The summed E-state index contributed by atoms with van der Waals surface area (Å²) in [6.45, 7) is 4.14. The van der Waals surface area contributed by atoms with Crippen LogP contribution in [-0.2, 0) is 11.2 Å². The second-order valence-corrected chi connectivity index (χ2v) is 7.33. The van der Waals surface area contributed by atoms with Crippen LogP contribution < -0.4 is 0 Å². The SMILES string of the molecule is Cc1ccc([C@@H](C)O[C@@H](CCc2ccccc2)CC(=O)c2ccccc2)cc1. The summed E-state index contributed by atoms with van der Waals surface area (Å²) in [6.07, 6.45) is 1.94. The van der Waals surface area contributed by atoms with Gasteiger partial charge in [-0.25, -0.2) is 0 Å². The van der Waals surface area contributed by atoms with Gasteiger partial charge in [0.1, 0.15) is 0 Å². The lowest BCUT2D eigenvalue weighted by molar-refractivity contribution is -0.00921. The van der Waals surface area contributed by atoms with Crippen LogP contribution in [0.2, 0.25) is 0 Å². The lowest BCUT2D eigenvalue weighted by atomic mass is 9.99. The molecule has 0 unspecified atom stereocenters. The van der Waals surface area contributed by atoms with Gasteiger partial charge in [-0.05, 0) is 37.8 Å². The third kappa shape index (κ3) is 5.90. The fourth-order valence-corrected chi connectivity index (χ4v) is 3.34. The average molecular weight is 373 g/mol. The highest BCUT2D eigenvalue weighted by molar-refractivity contribution is 5.96. The van der Waals surface area contributed by atoms with Crippen molar-refractivity contribution in [1.82, 2.24) is 0 Å². The number of benzene rings is 3. The maximum Gasteiger partial charge on any atom is 0.165 e. The number of rotatable bonds is 9. The number of ether oxygens (including phenoxy) is 1. The molecule has 2 atom stereocenters. The summed E-state index contributed by atoms with van der Waals surface area (Å²) in [5, 5.41) is 0. The molecule has 3 rings (SSSR count). The second-order valence-electron chi connectivity index (χ2n) is 7.33. The van der Waals surface area contributed by atoms with E-state index in [9.17, 15) is 4.79 Å². The van der Waals surface area contributed by atoms with Crippen molar-refractivity contribution in [1.29, 1.82) is 0 Å². The summed E-state index contributed by atoms with van der Waals surface area (Å²) in [7, 11) is 0. The van der Waals surface area contributed by atoms with Gasteiger partial charge >= 0.3 is 0 Å². The number of Topliss-reactive ketones (excluding diaryl/α,β-unsaturated/α-hetero) is 1. The van der Waals surface area contributed by atoms with Crippen molar-refractivity contribution in [3.8, 4) is 0 Å². The molecule has 2 nitrogen and oxygen atoms in total. The van der Waals surface area contributed by atoms with Gasteiger partial charge in [-0.3, -0.25) is 4.79 Å². The Labute approximate surface area is 168 Å². The summed E-state index contributed by atoms with van der Waals surface area (Å²) < 4.78 is 6.37. The Hall–Kier alpha value is -2.71.